The van der Waals surface area contributed by atoms with Crippen LogP contribution in [0, 0.1) is 6.92 Å². The van der Waals surface area contributed by atoms with Crippen molar-refractivity contribution in [3.63, 3.8) is 0 Å². The van der Waals surface area contributed by atoms with Gasteiger partial charge in [-0.25, -0.2) is 13.1 Å². The van der Waals surface area contributed by atoms with Crippen LogP contribution in [0.4, 0.5) is 0 Å². The molecule has 1 heterocycles. The van der Waals surface area contributed by atoms with Crippen LogP contribution in [0.15, 0.2) is 39.6 Å². The summed E-state index contributed by atoms with van der Waals surface area (Å²) in [5.74, 6) is 0.626. The fraction of sp³-hybridized carbons (Fsp3) is 0.267. The van der Waals surface area contributed by atoms with Crippen molar-refractivity contribution in [1.29, 1.82) is 0 Å². The molecule has 1 amide bonds. The van der Waals surface area contributed by atoms with Crippen LogP contribution in [0.5, 0.6) is 5.75 Å². The van der Waals surface area contributed by atoms with E-state index >= 15 is 0 Å². The first kappa shape index (κ1) is 17.0. The van der Waals surface area contributed by atoms with Gasteiger partial charge in [-0.3, -0.25) is 4.79 Å². The van der Waals surface area contributed by atoms with E-state index in [2.05, 4.69) is 4.72 Å². The van der Waals surface area contributed by atoms with Gasteiger partial charge in [0.05, 0.1) is 23.6 Å². The highest BCUT2D eigenvalue weighted by atomic mass is 32.2. The third kappa shape index (κ3) is 3.72. The molecule has 0 bridgehead atoms. The smallest absolute Gasteiger partial charge is 0.252 e. The van der Waals surface area contributed by atoms with E-state index in [-0.39, 0.29) is 16.2 Å². The Kier molecular flexibility index (Phi) is 4.76. The van der Waals surface area contributed by atoms with E-state index in [9.17, 15) is 13.2 Å². The molecule has 0 aliphatic heterocycles. The lowest BCUT2D eigenvalue weighted by atomic mass is 10.2. The molecule has 0 aliphatic rings. The largest absolute Gasteiger partial charge is 0.496 e. The quantitative estimate of drug-likeness (QED) is 0.833. The van der Waals surface area contributed by atoms with Crippen LogP contribution < -0.4 is 15.2 Å². The molecule has 1 aromatic carbocycles. The second-order valence-corrected chi connectivity index (χ2v) is 6.73. The van der Waals surface area contributed by atoms with E-state index in [4.69, 9.17) is 14.9 Å². The molecule has 0 spiro atoms. The molecule has 0 unspecified atom stereocenters. The number of furan rings is 1. The van der Waals surface area contributed by atoms with Gasteiger partial charge in [0, 0.05) is 0 Å². The van der Waals surface area contributed by atoms with Gasteiger partial charge < -0.3 is 14.9 Å². The number of carbonyl (C=O) groups is 1. The van der Waals surface area contributed by atoms with Crippen molar-refractivity contribution in [3.8, 4) is 5.75 Å². The molecule has 7 nitrogen and oxygen atoms in total. The van der Waals surface area contributed by atoms with Gasteiger partial charge in [-0.15, -0.1) is 0 Å². The molecule has 0 radical (unpaired) electrons. The molecule has 124 valence electrons. The predicted molar refractivity (Wildman–Crippen MR) is 83.7 cm³/mol. The Labute approximate surface area is 134 Å². The van der Waals surface area contributed by atoms with E-state index < -0.39 is 22.0 Å². The first-order valence-corrected chi connectivity index (χ1v) is 8.29. The van der Waals surface area contributed by atoms with E-state index in [1.807, 2.05) is 0 Å². The molecule has 2 rings (SSSR count). The van der Waals surface area contributed by atoms with Crippen molar-refractivity contribution in [3.05, 3.63) is 47.4 Å². The molecule has 0 fully saturated rings. The monoisotopic (exact) mass is 338 g/mol. The first-order valence-electron chi connectivity index (χ1n) is 6.81. The van der Waals surface area contributed by atoms with E-state index in [1.165, 1.54) is 25.3 Å². The Morgan fingerprint density at radius 3 is 2.52 bits per heavy atom. The number of benzene rings is 1. The Balaban J connectivity index is 2.32. The average molecular weight is 338 g/mol. The zero-order chi connectivity index (χ0) is 17.2. The van der Waals surface area contributed by atoms with Gasteiger partial charge in [-0.2, -0.15) is 0 Å². The van der Waals surface area contributed by atoms with Gasteiger partial charge >= 0.3 is 0 Å². The van der Waals surface area contributed by atoms with E-state index in [0.717, 1.165) is 0 Å². The molecular weight excluding hydrogens is 320 g/mol. The van der Waals surface area contributed by atoms with E-state index in [0.29, 0.717) is 11.5 Å². The van der Waals surface area contributed by atoms with Crippen molar-refractivity contribution < 1.29 is 22.4 Å². The number of rotatable bonds is 6. The second kappa shape index (κ2) is 6.43. The summed E-state index contributed by atoms with van der Waals surface area (Å²) >= 11 is 0. The Morgan fingerprint density at radius 2 is 2.00 bits per heavy atom. The number of sulfonamides is 1. The van der Waals surface area contributed by atoms with Crippen LogP contribution in [0.1, 0.15) is 34.8 Å². The average Bonchev–Trinajstić information content (AvgIpc) is 2.92. The van der Waals surface area contributed by atoms with Gasteiger partial charge in [0.2, 0.25) is 10.0 Å². The topological polar surface area (TPSA) is 112 Å². The summed E-state index contributed by atoms with van der Waals surface area (Å²) in [5, 5.41) is 0. The summed E-state index contributed by atoms with van der Waals surface area (Å²) in [6, 6.07) is 6.80. The summed E-state index contributed by atoms with van der Waals surface area (Å²) in [6.07, 6.45) is 0. The maximum atomic E-state index is 12.5. The van der Waals surface area contributed by atoms with E-state index in [1.54, 1.807) is 26.0 Å². The molecular formula is C15H18N2O5S. The maximum absolute atomic E-state index is 12.5. The fourth-order valence-electron chi connectivity index (χ4n) is 2.09. The minimum absolute atomic E-state index is 0.00290. The number of carbonyl (C=O) groups excluding carboxylic acids is 1. The number of amides is 1. The summed E-state index contributed by atoms with van der Waals surface area (Å²) in [7, 11) is -2.48. The molecule has 1 aromatic heterocycles. The molecule has 1 atom stereocenters. The lowest BCUT2D eigenvalue weighted by Gasteiger charge is -2.13. The molecule has 2 aromatic rings. The van der Waals surface area contributed by atoms with Gasteiger partial charge in [0.15, 0.2) is 0 Å². The minimum Gasteiger partial charge on any atom is -0.496 e. The lowest BCUT2D eigenvalue weighted by Crippen LogP contribution is -2.27. The molecule has 0 aliphatic carbocycles. The number of nitrogens with one attached hydrogen (secondary N) is 1. The normalized spacial score (nSPS) is 12.8. The summed E-state index contributed by atoms with van der Waals surface area (Å²) < 4.78 is 37.8. The lowest BCUT2D eigenvalue weighted by molar-refractivity contribution is 0.0997. The summed E-state index contributed by atoms with van der Waals surface area (Å²) in [6.45, 7) is 3.43. The number of ether oxygens (including phenoxy) is 1. The van der Waals surface area contributed by atoms with Gasteiger partial charge in [-0.05, 0) is 44.2 Å². The molecule has 0 saturated heterocycles. The van der Waals surface area contributed by atoms with Gasteiger partial charge in [-0.1, -0.05) is 0 Å². The third-order valence-electron chi connectivity index (χ3n) is 3.27. The number of primary amides is 1. The highest BCUT2D eigenvalue weighted by Crippen LogP contribution is 2.24. The SMILES string of the molecule is COc1ccc(S(=O)(=O)N[C@@H](C)c2ccc(C)o2)cc1C(N)=O. The standard InChI is InChI=1S/C15H18N2O5S/c1-9-4-6-13(22-9)10(2)17-23(19,20)11-5-7-14(21-3)12(8-11)15(16)18/h4-8,10,17H,1-3H3,(H2,16,18)/t10-/m0/s1. The number of aryl methyl sites for hydroxylation is 1. The minimum atomic E-state index is -3.85. The van der Waals surface area contributed by atoms with Crippen molar-refractivity contribution >= 4 is 15.9 Å². The summed E-state index contributed by atoms with van der Waals surface area (Å²) in [5.41, 5.74) is 5.25. The van der Waals surface area contributed by atoms with Crippen LogP contribution in [0.2, 0.25) is 0 Å². The Bertz CT molecular complexity index is 826. The molecule has 3 N–H and O–H groups in total. The molecule has 0 saturated carbocycles. The highest BCUT2D eigenvalue weighted by Gasteiger charge is 2.22. The zero-order valence-corrected chi connectivity index (χ0v) is 13.8. The van der Waals surface area contributed by atoms with Crippen molar-refractivity contribution in [2.75, 3.05) is 7.11 Å². The van der Waals surface area contributed by atoms with Crippen molar-refractivity contribution in [2.45, 2.75) is 24.8 Å². The van der Waals surface area contributed by atoms with Crippen LogP contribution in [0.3, 0.4) is 0 Å². The molecule has 8 heteroatoms. The third-order valence-corrected chi connectivity index (χ3v) is 4.80. The first-order chi connectivity index (χ1) is 10.7. The Morgan fingerprint density at radius 1 is 1.30 bits per heavy atom. The van der Waals surface area contributed by atoms with Crippen LogP contribution in [-0.2, 0) is 10.0 Å². The van der Waals surface area contributed by atoms with Crippen LogP contribution in [-0.4, -0.2) is 21.4 Å². The maximum Gasteiger partial charge on any atom is 0.252 e. The van der Waals surface area contributed by atoms with Gasteiger partial charge in [0.1, 0.15) is 17.3 Å². The Hall–Kier alpha value is -2.32. The van der Waals surface area contributed by atoms with Crippen LogP contribution in [0.25, 0.3) is 0 Å². The predicted octanol–water partition coefficient (Wildman–Crippen LogP) is 1.74. The highest BCUT2D eigenvalue weighted by molar-refractivity contribution is 7.89. The van der Waals surface area contributed by atoms with Crippen molar-refractivity contribution in [1.82, 2.24) is 4.72 Å². The fourth-order valence-corrected chi connectivity index (χ4v) is 3.33. The number of nitrogens with two attached hydrogens (primary N) is 1. The second-order valence-electron chi connectivity index (χ2n) is 5.02. The van der Waals surface area contributed by atoms with Gasteiger partial charge in [0.25, 0.3) is 5.91 Å². The molecule has 23 heavy (non-hydrogen) atoms. The number of hydrogen-bond donors (Lipinski definition) is 2. The van der Waals surface area contributed by atoms with Crippen molar-refractivity contribution in [2.24, 2.45) is 5.73 Å². The van der Waals surface area contributed by atoms with Crippen LogP contribution >= 0.6 is 0 Å². The number of hydrogen-bond acceptors (Lipinski definition) is 5. The number of methoxy groups -OCH3 is 1. The summed E-state index contributed by atoms with van der Waals surface area (Å²) in [4.78, 5) is 11.3. The zero-order valence-electron chi connectivity index (χ0n) is 13.0.